The number of nitrogens with one attached hydrogen (secondary N) is 1. The third kappa shape index (κ3) is 5.83. The molecular formula is C20H23Cl2N5O2S2. The van der Waals surface area contributed by atoms with Gasteiger partial charge in [0.25, 0.3) is 5.91 Å². The van der Waals surface area contributed by atoms with Crippen molar-refractivity contribution >= 4 is 63.2 Å². The van der Waals surface area contributed by atoms with Crippen LogP contribution < -0.4 is 10.2 Å². The van der Waals surface area contributed by atoms with Gasteiger partial charge in [0, 0.05) is 37.2 Å². The molecule has 0 unspecified atom stereocenters. The topological polar surface area (TPSA) is 78.4 Å². The van der Waals surface area contributed by atoms with E-state index in [9.17, 15) is 9.59 Å². The van der Waals surface area contributed by atoms with Crippen LogP contribution in [0, 0.1) is 0 Å². The molecule has 7 nitrogen and oxygen atoms in total. The van der Waals surface area contributed by atoms with E-state index in [1.54, 1.807) is 23.1 Å². The van der Waals surface area contributed by atoms with Crippen molar-refractivity contribution in [2.45, 2.75) is 36.1 Å². The highest BCUT2D eigenvalue weighted by atomic mass is 35.5. The van der Waals surface area contributed by atoms with Gasteiger partial charge in [-0.1, -0.05) is 59.1 Å². The molecule has 11 heteroatoms. The minimum atomic E-state index is -0.0944. The molecule has 0 bridgehead atoms. The lowest BCUT2D eigenvalue weighted by Crippen LogP contribution is -2.48. The average Bonchev–Trinajstić information content (AvgIpc) is 3.44. The van der Waals surface area contributed by atoms with E-state index < -0.39 is 0 Å². The molecule has 0 radical (unpaired) electrons. The van der Waals surface area contributed by atoms with Crippen LogP contribution in [0.2, 0.25) is 10.0 Å². The molecule has 2 amide bonds. The quantitative estimate of drug-likeness (QED) is 0.606. The largest absolute Gasteiger partial charge is 0.353 e. The Hall–Kier alpha value is -1.55. The van der Waals surface area contributed by atoms with Crippen molar-refractivity contribution in [2.24, 2.45) is 0 Å². The Morgan fingerprint density at radius 1 is 1.13 bits per heavy atom. The molecule has 1 N–H and O–H groups in total. The summed E-state index contributed by atoms with van der Waals surface area (Å²) < 4.78 is 0.781. The summed E-state index contributed by atoms with van der Waals surface area (Å²) in [7, 11) is 0. The van der Waals surface area contributed by atoms with Crippen molar-refractivity contribution in [2.75, 3.05) is 36.8 Å². The number of carbonyl (C=O) groups is 2. The van der Waals surface area contributed by atoms with Gasteiger partial charge < -0.3 is 15.1 Å². The van der Waals surface area contributed by atoms with E-state index in [1.807, 2.05) is 0 Å². The maximum Gasteiger partial charge on any atom is 0.255 e. The molecule has 1 aromatic heterocycles. The number of hydrogen-bond acceptors (Lipinski definition) is 7. The highest BCUT2D eigenvalue weighted by Gasteiger charge is 2.25. The Morgan fingerprint density at radius 2 is 1.87 bits per heavy atom. The van der Waals surface area contributed by atoms with Gasteiger partial charge >= 0.3 is 0 Å². The van der Waals surface area contributed by atoms with E-state index in [-0.39, 0.29) is 11.8 Å². The van der Waals surface area contributed by atoms with E-state index >= 15 is 0 Å². The van der Waals surface area contributed by atoms with Gasteiger partial charge in [-0.2, -0.15) is 0 Å². The fraction of sp³-hybridized carbons (Fsp3) is 0.500. The number of benzene rings is 1. The maximum absolute atomic E-state index is 12.8. The van der Waals surface area contributed by atoms with E-state index in [4.69, 9.17) is 23.2 Å². The number of thioether (sulfide) groups is 1. The Bertz CT molecular complexity index is 943. The minimum Gasteiger partial charge on any atom is -0.353 e. The van der Waals surface area contributed by atoms with Crippen LogP contribution in [-0.4, -0.2) is 64.9 Å². The second-order valence-electron chi connectivity index (χ2n) is 7.59. The molecule has 1 saturated heterocycles. The number of halogens is 2. The number of amides is 2. The molecule has 1 aromatic carbocycles. The van der Waals surface area contributed by atoms with Crippen LogP contribution in [0.1, 0.15) is 36.0 Å². The zero-order chi connectivity index (χ0) is 21.8. The summed E-state index contributed by atoms with van der Waals surface area (Å²) in [4.78, 5) is 28.8. The number of aromatic nitrogens is 2. The van der Waals surface area contributed by atoms with Crippen molar-refractivity contribution in [3.05, 3.63) is 33.8 Å². The van der Waals surface area contributed by atoms with E-state index in [1.165, 1.54) is 35.9 Å². The number of piperazine rings is 1. The van der Waals surface area contributed by atoms with Gasteiger partial charge in [0.2, 0.25) is 11.0 Å². The average molecular weight is 500 g/mol. The molecule has 0 spiro atoms. The van der Waals surface area contributed by atoms with Crippen molar-refractivity contribution in [3.63, 3.8) is 0 Å². The zero-order valence-electron chi connectivity index (χ0n) is 16.9. The first kappa shape index (κ1) is 22.6. The summed E-state index contributed by atoms with van der Waals surface area (Å²) in [5.41, 5.74) is 0.463. The lowest BCUT2D eigenvalue weighted by molar-refractivity contribution is -0.119. The lowest BCUT2D eigenvalue weighted by Gasteiger charge is -2.34. The molecule has 166 valence electrons. The van der Waals surface area contributed by atoms with Crippen LogP contribution in [-0.2, 0) is 4.79 Å². The van der Waals surface area contributed by atoms with Gasteiger partial charge in [0.05, 0.1) is 16.3 Å². The predicted octanol–water partition coefficient (Wildman–Crippen LogP) is 3.96. The van der Waals surface area contributed by atoms with Crippen LogP contribution in [0.3, 0.4) is 0 Å². The fourth-order valence-corrected chi connectivity index (χ4v) is 5.98. The van der Waals surface area contributed by atoms with E-state index in [2.05, 4.69) is 20.4 Å². The molecule has 4 rings (SSSR count). The normalized spacial score (nSPS) is 17.2. The Balaban J connectivity index is 1.26. The third-order valence-corrected chi connectivity index (χ3v) is 8.11. The summed E-state index contributed by atoms with van der Waals surface area (Å²) >= 11 is 15.0. The standard InChI is InChI=1S/C20H23Cl2N5O2S2/c21-13-5-6-15(16(22)11-13)18(29)26-7-9-27(10-8-26)19-24-25-20(31-19)30-12-17(28)23-14-3-1-2-4-14/h5-6,11,14H,1-4,7-10,12H2,(H,23,28). The summed E-state index contributed by atoms with van der Waals surface area (Å²) in [5, 5.41) is 13.3. The first-order valence-corrected chi connectivity index (χ1v) is 12.8. The van der Waals surface area contributed by atoms with Crippen molar-refractivity contribution < 1.29 is 9.59 Å². The molecule has 1 aliphatic carbocycles. The highest BCUT2D eigenvalue weighted by Crippen LogP contribution is 2.29. The second-order valence-corrected chi connectivity index (χ2v) is 10.6. The minimum absolute atomic E-state index is 0.0571. The monoisotopic (exact) mass is 499 g/mol. The second kappa shape index (κ2) is 10.4. The Morgan fingerprint density at radius 3 is 2.58 bits per heavy atom. The summed E-state index contributed by atoms with van der Waals surface area (Å²) in [5.74, 6) is 0.319. The highest BCUT2D eigenvalue weighted by molar-refractivity contribution is 8.01. The molecule has 2 heterocycles. The molecule has 2 aromatic rings. The molecule has 2 fully saturated rings. The van der Waals surface area contributed by atoms with Crippen molar-refractivity contribution in [3.8, 4) is 0 Å². The number of rotatable bonds is 6. The van der Waals surface area contributed by atoms with Gasteiger partial charge in [-0.05, 0) is 31.0 Å². The smallest absolute Gasteiger partial charge is 0.255 e. The van der Waals surface area contributed by atoms with Crippen LogP contribution >= 0.6 is 46.3 Å². The van der Waals surface area contributed by atoms with Crippen molar-refractivity contribution in [1.29, 1.82) is 0 Å². The van der Waals surface area contributed by atoms with Gasteiger partial charge in [-0.3, -0.25) is 9.59 Å². The Kier molecular flexibility index (Phi) is 7.58. The van der Waals surface area contributed by atoms with E-state index in [0.717, 1.165) is 22.3 Å². The van der Waals surface area contributed by atoms with Gasteiger partial charge in [-0.15, -0.1) is 10.2 Å². The van der Waals surface area contributed by atoms with E-state index in [0.29, 0.717) is 53.6 Å². The van der Waals surface area contributed by atoms with Gasteiger partial charge in [-0.25, -0.2) is 0 Å². The first-order chi connectivity index (χ1) is 15.0. The number of hydrogen-bond donors (Lipinski definition) is 1. The molecule has 1 saturated carbocycles. The fourth-order valence-electron chi connectivity index (χ4n) is 3.79. The molecule has 0 atom stereocenters. The molecular weight excluding hydrogens is 477 g/mol. The number of anilines is 1. The summed E-state index contributed by atoms with van der Waals surface area (Å²) in [6, 6.07) is 5.25. The molecule has 31 heavy (non-hydrogen) atoms. The third-order valence-electron chi connectivity index (χ3n) is 5.44. The SMILES string of the molecule is O=C(CSc1nnc(N2CCN(C(=O)c3ccc(Cl)cc3Cl)CC2)s1)NC1CCCC1. The maximum atomic E-state index is 12.8. The van der Waals surface area contributed by atoms with Crippen LogP contribution in [0.25, 0.3) is 0 Å². The Labute approximate surface area is 199 Å². The number of nitrogens with zero attached hydrogens (tertiary/aromatic N) is 4. The molecule has 2 aliphatic rings. The first-order valence-electron chi connectivity index (χ1n) is 10.2. The van der Waals surface area contributed by atoms with Crippen LogP contribution in [0.15, 0.2) is 22.5 Å². The summed E-state index contributed by atoms with van der Waals surface area (Å²) in [6.07, 6.45) is 4.56. The lowest BCUT2D eigenvalue weighted by atomic mass is 10.2. The van der Waals surface area contributed by atoms with Crippen LogP contribution in [0.4, 0.5) is 5.13 Å². The zero-order valence-corrected chi connectivity index (χ0v) is 20.0. The van der Waals surface area contributed by atoms with Gasteiger partial charge in [0.1, 0.15) is 0 Å². The summed E-state index contributed by atoms with van der Waals surface area (Å²) in [6.45, 7) is 2.48. The van der Waals surface area contributed by atoms with Crippen LogP contribution in [0.5, 0.6) is 0 Å². The number of carbonyl (C=O) groups excluding carboxylic acids is 2. The molecule has 1 aliphatic heterocycles. The van der Waals surface area contributed by atoms with Crippen molar-refractivity contribution in [1.82, 2.24) is 20.4 Å². The van der Waals surface area contributed by atoms with Gasteiger partial charge in [0.15, 0.2) is 4.34 Å². The predicted molar refractivity (Wildman–Crippen MR) is 126 cm³/mol.